The number of hydrogen-bond donors (Lipinski definition) is 1. The van der Waals surface area contributed by atoms with Crippen molar-refractivity contribution >= 4 is 34.6 Å². The highest BCUT2D eigenvalue weighted by Gasteiger charge is 2.36. The quantitative estimate of drug-likeness (QED) is 0.339. The summed E-state index contributed by atoms with van der Waals surface area (Å²) in [6.07, 6.45) is 8.03. The third-order valence-electron chi connectivity index (χ3n) is 8.74. The van der Waals surface area contributed by atoms with Crippen LogP contribution in [-0.2, 0) is 6.54 Å². The van der Waals surface area contributed by atoms with Crippen LogP contribution in [-0.4, -0.2) is 84.8 Å². The van der Waals surface area contributed by atoms with Crippen LogP contribution in [0.3, 0.4) is 0 Å². The van der Waals surface area contributed by atoms with Crippen molar-refractivity contribution in [3.05, 3.63) is 40.1 Å². The van der Waals surface area contributed by atoms with Crippen LogP contribution in [0.25, 0.3) is 33.8 Å². The van der Waals surface area contributed by atoms with Crippen LogP contribution in [0, 0.1) is 11.8 Å². The molecule has 12 nitrogen and oxygen atoms in total. The fourth-order valence-corrected chi connectivity index (χ4v) is 6.82. The molecule has 228 valence electrons. The fraction of sp³-hybridized carbons (Fsp3) is 0.533. The molecule has 6 rings (SSSR count). The van der Waals surface area contributed by atoms with E-state index in [-0.39, 0.29) is 23.9 Å². The topological polar surface area (TPSA) is 129 Å². The Labute approximate surface area is 255 Å². The maximum atomic E-state index is 12.9. The molecule has 0 unspecified atom stereocenters. The van der Waals surface area contributed by atoms with Crippen LogP contribution < -0.4 is 10.7 Å². The number of carbonyl (C=O) groups is 1. The first-order valence-electron chi connectivity index (χ1n) is 14.9. The first kappa shape index (κ1) is 29.2. The molecule has 1 aliphatic heterocycles. The summed E-state index contributed by atoms with van der Waals surface area (Å²) < 4.78 is 7.11. The third-order valence-corrected chi connectivity index (χ3v) is 8.95. The minimum absolute atomic E-state index is 0.00867. The van der Waals surface area contributed by atoms with Gasteiger partial charge < -0.3 is 19.3 Å². The molecule has 2 amide bonds. The molecule has 1 N–H and O–H groups in total. The monoisotopic (exact) mass is 607 g/mol. The second-order valence-corrected chi connectivity index (χ2v) is 12.8. The van der Waals surface area contributed by atoms with Gasteiger partial charge in [-0.2, -0.15) is 0 Å². The lowest BCUT2D eigenvalue weighted by atomic mass is 9.83. The molecule has 0 bridgehead atoms. The molecule has 0 radical (unpaired) electrons. The number of H-pyrrole nitrogens is 1. The molecule has 2 atom stereocenters. The van der Waals surface area contributed by atoms with Crippen molar-refractivity contribution < 1.29 is 9.32 Å². The van der Waals surface area contributed by atoms with Crippen molar-refractivity contribution in [3.63, 3.8) is 0 Å². The summed E-state index contributed by atoms with van der Waals surface area (Å²) in [6, 6.07) is 3.72. The Balaban J connectivity index is 1.54. The number of imidazole rings is 1. The number of anilines is 1. The third kappa shape index (κ3) is 5.72. The normalized spacial score (nSPS) is 22.7. The van der Waals surface area contributed by atoms with E-state index in [0.29, 0.717) is 40.9 Å². The zero-order valence-electron chi connectivity index (χ0n) is 25.2. The molecule has 2 aliphatic rings. The van der Waals surface area contributed by atoms with Gasteiger partial charge >= 0.3 is 11.8 Å². The van der Waals surface area contributed by atoms with Crippen molar-refractivity contribution in [2.24, 2.45) is 11.8 Å². The number of carbonyl (C=O) groups excluding carboxylic acids is 1. The minimum atomic E-state index is -0.659. The Kier molecular flexibility index (Phi) is 7.89. The van der Waals surface area contributed by atoms with Crippen LogP contribution in [0.1, 0.15) is 46.5 Å². The predicted molar refractivity (Wildman–Crippen MR) is 165 cm³/mol. The molecule has 4 aromatic heterocycles. The second kappa shape index (κ2) is 11.6. The molecule has 43 heavy (non-hydrogen) atoms. The zero-order valence-corrected chi connectivity index (χ0v) is 26.0. The van der Waals surface area contributed by atoms with Gasteiger partial charge in [-0.05, 0) is 50.7 Å². The van der Waals surface area contributed by atoms with Gasteiger partial charge in [0.1, 0.15) is 5.69 Å². The van der Waals surface area contributed by atoms with Crippen molar-refractivity contribution in [1.82, 2.24) is 39.5 Å². The fourth-order valence-electron chi connectivity index (χ4n) is 6.64. The number of nitrogens with zero attached hydrogens (tertiary/aromatic N) is 8. The van der Waals surface area contributed by atoms with Gasteiger partial charge in [-0.3, -0.25) is 14.5 Å². The molecule has 0 aromatic carbocycles. The summed E-state index contributed by atoms with van der Waals surface area (Å²) >= 11 is 6.41. The maximum absolute atomic E-state index is 12.9. The number of pyridine rings is 2. The SMILES string of the molecule is CC1CCC(Cn2c(N3[C@H](C)CN(C(=O)N(C)C)C[C@H]3C)nc3cc(-c4noc(=O)[nH]4)nc(-c4cncc(Cl)c4)c32)CC1. The summed E-state index contributed by atoms with van der Waals surface area (Å²) in [5.41, 5.74) is 3.40. The van der Waals surface area contributed by atoms with Gasteiger partial charge in [-0.15, -0.1) is 0 Å². The molecule has 1 saturated carbocycles. The first-order valence-corrected chi connectivity index (χ1v) is 15.3. The van der Waals surface area contributed by atoms with Gasteiger partial charge in [-0.25, -0.2) is 19.6 Å². The van der Waals surface area contributed by atoms with Crippen LogP contribution >= 0.6 is 11.6 Å². The van der Waals surface area contributed by atoms with E-state index >= 15 is 0 Å². The lowest BCUT2D eigenvalue weighted by molar-refractivity contribution is 0.151. The van der Waals surface area contributed by atoms with Crippen LogP contribution in [0.15, 0.2) is 33.8 Å². The number of urea groups is 1. The van der Waals surface area contributed by atoms with Gasteiger partial charge in [0, 0.05) is 63.8 Å². The Morgan fingerprint density at radius 1 is 1.07 bits per heavy atom. The van der Waals surface area contributed by atoms with E-state index in [9.17, 15) is 9.59 Å². The van der Waals surface area contributed by atoms with Crippen LogP contribution in [0.5, 0.6) is 0 Å². The largest absolute Gasteiger partial charge is 0.439 e. The number of rotatable bonds is 5. The minimum Gasteiger partial charge on any atom is -0.333 e. The number of halogens is 1. The second-order valence-electron chi connectivity index (χ2n) is 12.4. The molecule has 13 heteroatoms. The smallest absolute Gasteiger partial charge is 0.333 e. The van der Waals surface area contributed by atoms with Gasteiger partial charge in [0.15, 0.2) is 0 Å². The Morgan fingerprint density at radius 2 is 1.79 bits per heavy atom. The molecule has 4 aromatic rings. The molecular formula is C30H38ClN9O3. The van der Waals surface area contributed by atoms with E-state index in [1.54, 1.807) is 31.4 Å². The average Bonchev–Trinajstić information content (AvgIpc) is 3.56. The summed E-state index contributed by atoms with van der Waals surface area (Å²) in [5, 5.41) is 4.38. The number of aromatic amines is 1. The average molecular weight is 608 g/mol. The summed E-state index contributed by atoms with van der Waals surface area (Å²) in [5.74, 6) is 1.63. The van der Waals surface area contributed by atoms with Gasteiger partial charge in [0.2, 0.25) is 11.8 Å². The van der Waals surface area contributed by atoms with E-state index in [4.69, 9.17) is 26.1 Å². The van der Waals surface area contributed by atoms with E-state index in [2.05, 4.69) is 45.4 Å². The van der Waals surface area contributed by atoms with Crippen molar-refractivity contribution in [2.45, 2.75) is 65.1 Å². The van der Waals surface area contributed by atoms with Gasteiger partial charge in [-0.1, -0.05) is 36.5 Å². The molecule has 2 fully saturated rings. The van der Waals surface area contributed by atoms with Gasteiger partial charge in [0.05, 0.1) is 21.7 Å². The predicted octanol–water partition coefficient (Wildman–Crippen LogP) is 4.90. The van der Waals surface area contributed by atoms with Crippen LogP contribution in [0.2, 0.25) is 5.02 Å². The highest BCUT2D eigenvalue weighted by atomic mass is 35.5. The van der Waals surface area contributed by atoms with Crippen molar-refractivity contribution in [1.29, 1.82) is 0 Å². The Hall–Kier alpha value is -3.93. The Morgan fingerprint density at radius 3 is 2.42 bits per heavy atom. The molecule has 1 aliphatic carbocycles. The van der Waals surface area contributed by atoms with Gasteiger partial charge in [0.25, 0.3) is 0 Å². The van der Waals surface area contributed by atoms with E-state index in [0.717, 1.165) is 42.3 Å². The Bertz CT molecular complexity index is 1680. The van der Waals surface area contributed by atoms with Crippen LogP contribution in [0.4, 0.5) is 10.7 Å². The first-order chi connectivity index (χ1) is 20.6. The molecule has 5 heterocycles. The number of nitrogens with one attached hydrogen (secondary N) is 1. The lowest BCUT2D eigenvalue weighted by Gasteiger charge is -2.45. The molecule has 1 saturated heterocycles. The maximum Gasteiger partial charge on any atom is 0.439 e. The standard InChI is InChI=1S/C30H38ClN9O3/c1-17-6-8-20(9-7-17)16-39-26-23(34-28(39)40-18(2)14-38(15-19(40)3)30(42)37(4)5)11-24(27-35-29(41)43-36-27)33-25(26)21-10-22(31)13-32-12-21/h10-13,17-20H,6-9,14-16H2,1-5H3,(H,35,36,41)/t17?,18-,19-,20?/m1/s1. The summed E-state index contributed by atoms with van der Waals surface area (Å²) in [7, 11) is 3.57. The molecular weight excluding hydrogens is 570 g/mol. The number of aromatic nitrogens is 6. The van der Waals surface area contributed by atoms with Crippen molar-refractivity contribution in [2.75, 3.05) is 32.1 Å². The molecule has 0 spiro atoms. The summed E-state index contributed by atoms with van der Waals surface area (Å²) in [6.45, 7) is 8.57. The number of fused-ring (bicyclic) bond motifs is 1. The highest BCUT2D eigenvalue weighted by Crippen LogP contribution is 2.38. The van der Waals surface area contributed by atoms with Crippen molar-refractivity contribution in [3.8, 4) is 22.8 Å². The van der Waals surface area contributed by atoms with E-state index in [1.165, 1.54) is 12.8 Å². The number of piperazine rings is 1. The zero-order chi connectivity index (χ0) is 30.4. The number of hydrogen-bond acceptors (Lipinski definition) is 8. The van der Waals surface area contributed by atoms with E-state index < -0.39 is 5.76 Å². The number of amides is 2. The highest BCUT2D eigenvalue weighted by molar-refractivity contribution is 6.30. The summed E-state index contributed by atoms with van der Waals surface area (Å²) in [4.78, 5) is 47.8. The van der Waals surface area contributed by atoms with E-state index in [1.807, 2.05) is 17.0 Å². The lowest BCUT2D eigenvalue weighted by Crippen LogP contribution is -2.60.